The predicted molar refractivity (Wildman–Crippen MR) is 126 cm³/mol. The first kappa shape index (κ1) is 24.5. The Kier molecular flexibility index (Phi) is 6.21. The quantitative estimate of drug-likeness (QED) is 0.285. The Morgan fingerprint density at radius 3 is 2.40 bits per heavy atom. The number of carbonyl (C=O) groups is 4. The molecule has 0 aromatic heterocycles. The molecule has 1 heterocycles. The molecule has 1 aromatic rings. The highest BCUT2D eigenvalue weighted by molar-refractivity contribution is 6.31. The molecule has 0 bridgehead atoms. The molecule has 0 radical (unpaired) electrons. The van der Waals surface area contributed by atoms with Crippen molar-refractivity contribution in [3.63, 3.8) is 0 Å². The van der Waals surface area contributed by atoms with Gasteiger partial charge >= 0.3 is 0 Å². The maximum absolute atomic E-state index is 13.7. The Labute approximate surface area is 203 Å². The number of aromatic hydroxyl groups is 2. The lowest BCUT2D eigenvalue weighted by atomic mass is 9.70. The molecule has 35 heavy (non-hydrogen) atoms. The van der Waals surface area contributed by atoms with Gasteiger partial charge in [0.15, 0.2) is 17.3 Å². The van der Waals surface area contributed by atoms with E-state index in [-0.39, 0.29) is 63.7 Å². The number of hydrogen-bond donors (Lipinski definition) is 4. The second-order valence-corrected chi connectivity index (χ2v) is 9.64. The van der Waals surface area contributed by atoms with Crippen molar-refractivity contribution in [1.82, 2.24) is 10.6 Å². The van der Waals surface area contributed by atoms with Crippen molar-refractivity contribution in [2.45, 2.75) is 71.3 Å². The molecule has 1 amide bonds. The van der Waals surface area contributed by atoms with Crippen LogP contribution in [0, 0.1) is 6.92 Å². The number of rotatable bonds is 5. The van der Waals surface area contributed by atoms with Gasteiger partial charge in [0.05, 0.1) is 17.7 Å². The van der Waals surface area contributed by atoms with Crippen molar-refractivity contribution < 1.29 is 34.1 Å². The van der Waals surface area contributed by atoms with Gasteiger partial charge in [0.25, 0.3) is 0 Å². The van der Waals surface area contributed by atoms with Crippen LogP contribution in [-0.4, -0.2) is 46.1 Å². The number of ether oxygens (including phenoxy) is 1. The van der Waals surface area contributed by atoms with Crippen LogP contribution in [0.1, 0.15) is 74.4 Å². The van der Waals surface area contributed by atoms with Gasteiger partial charge in [-0.1, -0.05) is 19.3 Å². The third kappa shape index (κ3) is 3.88. The number of amides is 1. The molecule has 1 saturated carbocycles. The SMILES string of the molecule is CC(=O)c1c(O)c(C)c(O)c2c1OC1=CC(=O)C(=C(C)NCC(=O)NC3CCCCC3)C(=O)[C@@]12C. The fourth-order valence-corrected chi connectivity index (χ4v) is 5.19. The molecule has 2 aliphatic carbocycles. The van der Waals surface area contributed by atoms with E-state index in [9.17, 15) is 29.4 Å². The highest BCUT2D eigenvalue weighted by atomic mass is 16.5. The highest BCUT2D eigenvalue weighted by Crippen LogP contribution is 2.57. The van der Waals surface area contributed by atoms with Crippen LogP contribution < -0.4 is 15.4 Å². The van der Waals surface area contributed by atoms with Crippen LogP contribution in [-0.2, 0) is 19.8 Å². The monoisotopic (exact) mass is 482 g/mol. The fraction of sp³-hybridized carbons (Fsp3) is 0.462. The van der Waals surface area contributed by atoms with Gasteiger partial charge in [-0.3, -0.25) is 19.2 Å². The first-order valence-electron chi connectivity index (χ1n) is 11.8. The number of ketones is 3. The Bertz CT molecular complexity index is 1220. The average Bonchev–Trinajstić information content (AvgIpc) is 3.09. The normalized spacial score (nSPS) is 23.1. The second kappa shape index (κ2) is 8.87. The lowest BCUT2D eigenvalue weighted by molar-refractivity contribution is -0.124. The Balaban J connectivity index is 1.67. The molecule has 0 unspecified atom stereocenters. The number of phenolic OH excluding ortho intramolecular Hbond substituents is 2. The van der Waals surface area contributed by atoms with E-state index >= 15 is 0 Å². The smallest absolute Gasteiger partial charge is 0.239 e. The molecule has 3 aliphatic rings. The summed E-state index contributed by atoms with van der Waals surface area (Å²) >= 11 is 0. The van der Waals surface area contributed by atoms with Crippen LogP contribution in [0.3, 0.4) is 0 Å². The van der Waals surface area contributed by atoms with E-state index < -0.39 is 28.5 Å². The topological polar surface area (TPSA) is 142 Å². The molecular weight excluding hydrogens is 452 g/mol. The van der Waals surface area contributed by atoms with Gasteiger partial charge in [-0.05, 0) is 40.5 Å². The van der Waals surface area contributed by atoms with E-state index in [4.69, 9.17) is 4.74 Å². The van der Waals surface area contributed by atoms with Crippen molar-refractivity contribution >= 4 is 23.3 Å². The van der Waals surface area contributed by atoms with Crippen LogP contribution in [0.2, 0.25) is 0 Å². The third-order valence-electron chi connectivity index (χ3n) is 7.24. The molecule has 4 rings (SSSR count). The summed E-state index contributed by atoms with van der Waals surface area (Å²) in [5.74, 6) is -2.96. The first-order chi connectivity index (χ1) is 16.5. The standard InChI is InChI=1S/C26H30N2O7/c1-12-22(32)20(14(3)29)24-21(23(12)33)26(4)17(35-24)10-16(30)19(25(26)34)13(2)27-11-18(31)28-15-8-6-5-7-9-15/h10,15,27,32-33H,5-9,11H2,1-4H3,(H,28,31)/t26-/m0/s1. The lowest BCUT2D eigenvalue weighted by Crippen LogP contribution is -2.43. The number of hydrogen-bond acceptors (Lipinski definition) is 8. The van der Waals surface area contributed by atoms with Gasteiger partial charge in [0.1, 0.15) is 34.0 Å². The van der Waals surface area contributed by atoms with Gasteiger partial charge in [0, 0.05) is 23.4 Å². The van der Waals surface area contributed by atoms with Crippen LogP contribution in [0.4, 0.5) is 0 Å². The number of fused-ring (bicyclic) bond motifs is 3. The number of phenols is 2. The summed E-state index contributed by atoms with van der Waals surface area (Å²) in [6, 6.07) is 0.138. The molecule has 9 nitrogen and oxygen atoms in total. The minimum atomic E-state index is -1.58. The fourth-order valence-electron chi connectivity index (χ4n) is 5.19. The van der Waals surface area contributed by atoms with E-state index in [0.717, 1.165) is 31.8 Å². The molecule has 1 fully saturated rings. The first-order valence-corrected chi connectivity index (χ1v) is 11.8. The van der Waals surface area contributed by atoms with Crippen molar-refractivity contribution in [3.8, 4) is 17.2 Å². The predicted octanol–water partition coefficient (Wildman–Crippen LogP) is 2.61. The van der Waals surface area contributed by atoms with Crippen molar-refractivity contribution in [2.24, 2.45) is 0 Å². The van der Waals surface area contributed by atoms with Crippen LogP contribution >= 0.6 is 0 Å². The molecule has 1 aromatic carbocycles. The summed E-state index contributed by atoms with van der Waals surface area (Å²) in [6.07, 6.45) is 6.36. The van der Waals surface area contributed by atoms with E-state index in [1.54, 1.807) is 6.92 Å². The minimum absolute atomic E-state index is 0.0297. The molecule has 1 atom stereocenters. The number of benzene rings is 1. The van der Waals surface area contributed by atoms with Gasteiger partial charge in [-0.15, -0.1) is 0 Å². The van der Waals surface area contributed by atoms with Gasteiger partial charge in [0.2, 0.25) is 5.91 Å². The summed E-state index contributed by atoms with van der Waals surface area (Å²) in [5.41, 5.74) is -1.62. The van der Waals surface area contributed by atoms with Crippen LogP contribution in [0.5, 0.6) is 17.2 Å². The van der Waals surface area contributed by atoms with E-state index in [0.29, 0.717) is 0 Å². The maximum atomic E-state index is 13.7. The Hall–Kier alpha value is -3.62. The molecule has 1 aliphatic heterocycles. The van der Waals surface area contributed by atoms with E-state index in [2.05, 4.69) is 10.6 Å². The summed E-state index contributed by atoms with van der Waals surface area (Å²) in [5, 5.41) is 27.2. The number of carbonyl (C=O) groups excluding carboxylic acids is 4. The van der Waals surface area contributed by atoms with Gasteiger partial charge in [-0.2, -0.15) is 0 Å². The number of allylic oxidation sites excluding steroid dienone is 4. The maximum Gasteiger partial charge on any atom is 0.239 e. The molecule has 186 valence electrons. The van der Waals surface area contributed by atoms with Crippen LogP contribution in [0.25, 0.3) is 0 Å². The third-order valence-corrected chi connectivity index (χ3v) is 7.24. The molecule has 0 saturated heterocycles. The largest absolute Gasteiger partial charge is 0.507 e. The molecule has 0 spiro atoms. The molecule has 9 heteroatoms. The summed E-state index contributed by atoms with van der Waals surface area (Å²) in [4.78, 5) is 51.3. The number of nitrogens with one attached hydrogen (secondary N) is 2. The highest BCUT2D eigenvalue weighted by Gasteiger charge is 2.56. The summed E-state index contributed by atoms with van der Waals surface area (Å²) in [7, 11) is 0. The van der Waals surface area contributed by atoms with Crippen LogP contribution in [0.15, 0.2) is 23.1 Å². The Morgan fingerprint density at radius 2 is 1.77 bits per heavy atom. The molecule has 4 N–H and O–H groups in total. The zero-order valence-electron chi connectivity index (χ0n) is 20.3. The van der Waals surface area contributed by atoms with E-state index in [1.165, 1.54) is 27.2 Å². The zero-order chi connectivity index (χ0) is 25.7. The van der Waals surface area contributed by atoms with Gasteiger partial charge in [-0.25, -0.2) is 0 Å². The zero-order valence-corrected chi connectivity index (χ0v) is 20.3. The molecular formula is C26H30N2O7. The van der Waals surface area contributed by atoms with Crippen molar-refractivity contribution in [1.29, 1.82) is 0 Å². The van der Waals surface area contributed by atoms with Crippen molar-refractivity contribution in [2.75, 3.05) is 6.54 Å². The summed E-state index contributed by atoms with van der Waals surface area (Å²) in [6.45, 7) is 5.61. The average molecular weight is 483 g/mol. The van der Waals surface area contributed by atoms with E-state index in [1.807, 2.05) is 0 Å². The minimum Gasteiger partial charge on any atom is -0.507 e. The number of Topliss-reactive ketones (excluding diaryl/α,β-unsaturated/α-hetero) is 2. The summed E-state index contributed by atoms with van der Waals surface area (Å²) < 4.78 is 5.75. The Morgan fingerprint density at radius 1 is 1.11 bits per heavy atom. The second-order valence-electron chi connectivity index (χ2n) is 9.64. The van der Waals surface area contributed by atoms with Crippen molar-refractivity contribution in [3.05, 3.63) is 39.8 Å². The lowest BCUT2D eigenvalue weighted by Gasteiger charge is -2.29. The van der Waals surface area contributed by atoms with Gasteiger partial charge < -0.3 is 25.6 Å².